The molecule has 9 nitrogen and oxygen atoms in total. The third kappa shape index (κ3) is 71.6. The van der Waals surface area contributed by atoms with Gasteiger partial charge in [0.05, 0.1) is 27.7 Å². The summed E-state index contributed by atoms with van der Waals surface area (Å²) in [4.78, 5) is 35.9. The highest BCUT2D eigenvalue weighted by Gasteiger charge is 2.27. The van der Waals surface area contributed by atoms with Crippen LogP contribution in [0.25, 0.3) is 0 Å². The van der Waals surface area contributed by atoms with Crippen LogP contribution in [-0.4, -0.2) is 74.9 Å². The van der Waals surface area contributed by atoms with E-state index in [-0.39, 0.29) is 25.6 Å². The van der Waals surface area contributed by atoms with Gasteiger partial charge in [0.1, 0.15) is 19.8 Å². The Bertz CT molecular complexity index is 1500. The molecule has 0 aliphatic rings. The molecule has 86 heavy (non-hydrogen) atoms. The van der Waals surface area contributed by atoms with Crippen molar-refractivity contribution in [2.24, 2.45) is 0 Å². The van der Waals surface area contributed by atoms with Gasteiger partial charge >= 0.3 is 19.8 Å². The summed E-state index contributed by atoms with van der Waals surface area (Å²) >= 11 is 0. The number of phosphoric acid groups is 1. The van der Waals surface area contributed by atoms with Crippen LogP contribution >= 0.6 is 7.82 Å². The van der Waals surface area contributed by atoms with E-state index in [0.717, 1.165) is 44.9 Å². The zero-order valence-corrected chi connectivity index (χ0v) is 59.2. The quantitative estimate of drug-likeness (QED) is 0.0211. The molecule has 0 spiro atoms. The highest BCUT2D eigenvalue weighted by Crippen LogP contribution is 2.43. The summed E-state index contributed by atoms with van der Waals surface area (Å²) in [5.74, 6) is -0.769. The predicted molar refractivity (Wildman–Crippen MR) is 372 cm³/mol. The molecule has 0 aromatic carbocycles. The number of likely N-dealkylation sites (N-methyl/N-ethyl adjacent to an activating group) is 1. The van der Waals surface area contributed by atoms with E-state index in [1.807, 2.05) is 21.1 Å². The van der Waals surface area contributed by atoms with Crippen molar-refractivity contribution >= 4 is 19.8 Å². The lowest BCUT2D eigenvalue weighted by atomic mass is 10.0. The first-order chi connectivity index (χ1) is 42.0. The van der Waals surface area contributed by atoms with E-state index in [4.69, 9.17) is 18.5 Å². The van der Waals surface area contributed by atoms with Gasteiger partial charge in [0.25, 0.3) is 0 Å². The summed E-state index contributed by atoms with van der Waals surface area (Å²) in [6.07, 6.45) is 86.0. The largest absolute Gasteiger partial charge is 0.472 e. The van der Waals surface area contributed by atoms with Gasteiger partial charge < -0.3 is 18.9 Å². The van der Waals surface area contributed by atoms with Crippen molar-refractivity contribution in [3.8, 4) is 0 Å². The van der Waals surface area contributed by atoms with Crippen molar-refractivity contribution in [1.29, 1.82) is 0 Å². The van der Waals surface area contributed by atoms with Gasteiger partial charge in [0.2, 0.25) is 0 Å². The maximum absolute atomic E-state index is 12.9. The lowest BCUT2D eigenvalue weighted by Crippen LogP contribution is -2.37. The van der Waals surface area contributed by atoms with Crippen molar-refractivity contribution in [3.05, 3.63) is 24.3 Å². The first kappa shape index (κ1) is 84.5. The normalized spacial score (nSPS) is 13.1. The van der Waals surface area contributed by atoms with Crippen LogP contribution in [-0.2, 0) is 32.7 Å². The second-order valence-electron chi connectivity index (χ2n) is 27.4. The molecule has 0 aliphatic carbocycles. The molecule has 510 valence electrons. The molecule has 0 fully saturated rings. The summed E-state index contributed by atoms with van der Waals surface area (Å²) in [6.45, 7) is 4.51. The van der Waals surface area contributed by atoms with E-state index in [1.54, 1.807) is 0 Å². The van der Waals surface area contributed by atoms with Crippen molar-refractivity contribution in [1.82, 2.24) is 0 Å². The van der Waals surface area contributed by atoms with Gasteiger partial charge in [0.15, 0.2) is 6.10 Å². The SMILES string of the molecule is CCCCCCC/C=C\C/C=C\CCCCCCCCCCCCCCCCCCCCCCCCCCCCCC(=O)OC(COC(=O)CCCCCCCCCCCCCCCCCCCCCCCCC)COP(=O)(O)OCC[N+](C)(C)C. The smallest absolute Gasteiger partial charge is 0.462 e. The lowest BCUT2D eigenvalue weighted by molar-refractivity contribution is -0.870. The number of phosphoric ester groups is 1. The molecule has 0 saturated heterocycles. The maximum atomic E-state index is 12.9. The van der Waals surface area contributed by atoms with Crippen LogP contribution < -0.4 is 0 Å². The predicted octanol–water partition coefficient (Wildman–Crippen LogP) is 24.8. The molecule has 0 bridgehead atoms. The molecule has 0 aromatic rings. The van der Waals surface area contributed by atoms with Gasteiger partial charge in [-0.2, -0.15) is 0 Å². The van der Waals surface area contributed by atoms with E-state index in [2.05, 4.69) is 38.2 Å². The van der Waals surface area contributed by atoms with Gasteiger partial charge in [0, 0.05) is 12.8 Å². The fourth-order valence-corrected chi connectivity index (χ4v) is 12.4. The average Bonchev–Trinajstić information content (AvgIpc) is 3.56. The third-order valence-electron chi connectivity index (χ3n) is 17.5. The van der Waals surface area contributed by atoms with Crippen LogP contribution in [0, 0.1) is 0 Å². The summed E-state index contributed by atoms with van der Waals surface area (Å²) in [7, 11) is 1.50. The molecule has 0 heterocycles. The fraction of sp³-hybridized carbons (Fsp3) is 0.921. The van der Waals surface area contributed by atoms with E-state index < -0.39 is 26.5 Å². The van der Waals surface area contributed by atoms with Crippen molar-refractivity contribution < 1.29 is 42.1 Å². The van der Waals surface area contributed by atoms with Gasteiger partial charge in [-0.3, -0.25) is 18.6 Å². The minimum atomic E-state index is -4.39. The summed E-state index contributed by atoms with van der Waals surface area (Å²) in [6, 6.07) is 0. The number of allylic oxidation sites excluding steroid dienone is 4. The molecular weight excluding hydrogens is 1090 g/mol. The Morgan fingerprint density at radius 2 is 0.628 bits per heavy atom. The number of ether oxygens (including phenoxy) is 2. The molecule has 0 rings (SSSR count). The number of nitrogens with zero attached hydrogens (tertiary/aromatic N) is 1. The van der Waals surface area contributed by atoms with Gasteiger partial charge in [-0.05, 0) is 44.9 Å². The molecule has 1 N–H and O–H groups in total. The molecule has 0 radical (unpaired) electrons. The van der Waals surface area contributed by atoms with E-state index >= 15 is 0 Å². The fourth-order valence-electron chi connectivity index (χ4n) is 11.6. The number of hydrogen-bond donors (Lipinski definition) is 1. The standard InChI is InChI=1S/C76H148NO8P/c1-6-8-10-12-14-16-18-20-22-24-26-28-30-31-32-33-34-35-36-37-38-39-40-41-42-43-44-45-47-49-51-53-55-57-59-61-63-65-67-69-76(79)85-74(73-84-86(80,81)83-71-70-77(3,4)5)72-82-75(78)68-66-64-62-60-58-56-54-52-50-48-46-29-27-25-23-21-19-17-15-13-11-9-7-2/h18,20,24,26,74H,6-17,19,21-23,25,27-73H2,1-5H3/p+1/b20-18-,26-24-. The van der Waals surface area contributed by atoms with Crippen molar-refractivity contribution in [2.75, 3.05) is 47.5 Å². The maximum Gasteiger partial charge on any atom is 0.472 e. The number of carbonyl (C=O) groups is 2. The van der Waals surface area contributed by atoms with Crippen molar-refractivity contribution in [2.45, 2.75) is 405 Å². The first-order valence-electron chi connectivity index (χ1n) is 38.1. The molecular formula is C76H149NO8P+. The van der Waals surface area contributed by atoms with Crippen LogP contribution in [0.2, 0.25) is 0 Å². The highest BCUT2D eigenvalue weighted by atomic mass is 31.2. The summed E-state index contributed by atoms with van der Waals surface area (Å²) in [5, 5.41) is 0. The second kappa shape index (κ2) is 67.9. The first-order valence-corrected chi connectivity index (χ1v) is 39.6. The van der Waals surface area contributed by atoms with Crippen LogP contribution in [0.15, 0.2) is 24.3 Å². The van der Waals surface area contributed by atoms with Crippen LogP contribution in [0.4, 0.5) is 0 Å². The monoisotopic (exact) mass is 1240 g/mol. The highest BCUT2D eigenvalue weighted by molar-refractivity contribution is 7.47. The number of quaternary nitrogens is 1. The summed E-state index contributed by atoms with van der Waals surface area (Å²) in [5.41, 5.74) is 0. The number of hydrogen-bond acceptors (Lipinski definition) is 7. The molecule has 0 aromatic heterocycles. The molecule has 0 saturated carbocycles. The molecule has 10 heteroatoms. The minimum absolute atomic E-state index is 0.0365. The number of rotatable bonds is 72. The Kier molecular flexibility index (Phi) is 66.7. The van der Waals surface area contributed by atoms with Crippen LogP contribution in [0.5, 0.6) is 0 Å². The average molecular weight is 1240 g/mol. The Balaban J connectivity index is 3.89. The van der Waals surface area contributed by atoms with Crippen LogP contribution in [0.1, 0.15) is 399 Å². The Morgan fingerprint density at radius 1 is 0.360 bits per heavy atom. The second-order valence-corrected chi connectivity index (χ2v) is 28.9. The van der Waals surface area contributed by atoms with Crippen molar-refractivity contribution in [3.63, 3.8) is 0 Å². The zero-order chi connectivity index (χ0) is 62.6. The van der Waals surface area contributed by atoms with Crippen LogP contribution in [0.3, 0.4) is 0 Å². The minimum Gasteiger partial charge on any atom is -0.462 e. The molecule has 2 atom stereocenters. The van der Waals surface area contributed by atoms with E-state index in [0.29, 0.717) is 17.4 Å². The van der Waals surface area contributed by atoms with E-state index in [1.165, 1.54) is 327 Å². The van der Waals surface area contributed by atoms with Gasteiger partial charge in [-0.25, -0.2) is 4.57 Å². The molecule has 0 amide bonds. The molecule has 2 unspecified atom stereocenters. The Hall–Kier alpha value is -1.51. The Labute approximate surface area is 536 Å². The third-order valence-corrected chi connectivity index (χ3v) is 18.5. The Morgan fingerprint density at radius 3 is 0.919 bits per heavy atom. The lowest BCUT2D eigenvalue weighted by Gasteiger charge is -2.24. The zero-order valence-electron chi connectivity index (χ0n) is 58.3. The van der Waals surface area contributed by atoms with Gasteiger partial charge in [-0.1, -0.05) is 366 Å². The van der Waals surface area contributed by atoms with E-state index in [9.17, 15) is 19.0 Å². The topological polar surface area (TPSA) is 108 Å². The summed E-state index contributed by atoms with van der Waals surface area (Å²) < 4.78 is 34.8. The number of esters is 2. The van der Waals surface area contributed by atoms with Gasteiger partial charge in [-0.15, -0.1) is 0 Å². The number of carbonyl (C=O) groups excluding carboxylic acids is 2. The molecule has 0 aliphatic heterocycles. The number of unbranched alkanes of at least 4 members (excludes halogenated alkanes) is 54.